The standard InChI is InChI=1S/C8H16O.C2H6/c1-6(2)8-4-7(3)9-5-8;1-2/h6-8H,4-5H2,1-3H3;1-2H3. The maximum Gasteiger partial charge on any atom is 0.0550 e. The monoisotopic (exact) mass is 158 g/mol. The topological polar surface area (TPSA) is 9.23 Å². The van der Waals surface area contributed by atoms with Gasteiger partial charge in [-0.2, -0.15) is 0 Å². The molecule has 1 aliphatic rings. The highest BCUT2D eigenvalue weighted by Gasteiger charge is 2.23. The van der Waals surface area contributed by atoms with Crippen LogP contribution in [0.5, 0.6) is 0 Å². The molecule has 1 aliphatic heterocycles. The van der Waals surface area contributed by atoms with Gasteiger partial charge in [-0.05, 0) is 25.2 Å². The molecule has 0 amide bonds. The molecule has 0 bridgehead atoms. The Bertz CT molecular complexity index is 88.9. The van der Waals surface area contributed by atoms with Crippen LogP contribution in [0.3, 0.4) is 0 Å². The Kier molecular flexibility index (Phi) is 5.57. The predicted molar refractivity (Wildman–Crippen MR) is 49.7 cm³/mol. The quantitative estimate of drug-likeness (QED) is 0.570. The third-order valence-electron chi connectivity index (χ3n) is 2.17. The first kappa shape index (κ1) is 11.0. The zero-order valence-corrected chi connectivity index (χ0v) is 8.55. The van der Waals surface area contributed by atoms with E-state index in [0.29, 0.717) is 6.10 Å². The predicted octanol–water partition coefficient (Wildman–Crippen LogP) is 3.09. The normalized spacial score (nSPS) is 30.0. The first-order valence-corrected chi connectivity index (χ1v) is 4.81. The van der Waals surface area contributed by atoms with E-state index in [4.69, 9.17) is 4.74 Å². The van der Waals surface area contributed by atoms with Crippen LogP contribution in [0.15, 0.2) is 0 Å². The Morgan fingerprint density at radius 1 is 1.27 bits per heavy atom. The third kappa shape index (κ3) is 3.76. The van der Waals surface area contributed by atoms with Gasteiger partial charge in [0.05, 0.1) is 12.7 Å². The molecule has 1 rings (SSSR count). The highest BCUT2D eigenvalue weighted by Crippen LogP contribution is 2.25. The van der Waals surface area contributed by atoms with Crippen LogP contribution in [0.1, 0.15) is 41.0 Å². The molecule has 1 nitrogen and oxygen atoms in total. The molecule has 0 aromatic carbocycles. The summed E-state index contributed by atoms with van der Waals surface area (Å²) < 4.78 is 5.43. The van der Waals surface area contributed by atoms with Crippen molar-refractivity contribution in [2.24, 2.45) is 11.8 Å². The first-order valence-electron chi connectivity index (χ1n) is 4.81. The van der Waals surface area contributed by atoms with Crippen LogP contribution in [-0.4, -0.2) is 12.7 Å². The van der Waals surface area contributed by atoms with Crippen molar-refractivity contribution in [2.45, 2.75) is 47.1 Å². The maximum absolute atomic E-state index is 5.43. The fourth-order valence-corrected chi connectivity index (χ4v) is 1.31. The lowest BCUT2D eigenvalue weighted by molar-refractivity contribution is 0.116. The second-order valence-electron chi connectivity index (χ2n) is 3.38. The van der Waals surface area contributed by atoms with Crippen LogP contribution in [0.4, 0.5) is 0 Å². The SMILES string of the molecule is CC.CC1CC(C(C)C)CO1. The van der Waals surface area contributed by atoms with Crippen molar-refractivity contribution in [2.75, 3.05) is 6.61 Å². The van der Waals surface area contributed by atoms with Gasteiger partial charge in [0.1, 0.15) is 0 Å². The minimum absolute atomic E-state index is 0.511. The van der Waals surface area contributed by atoms with Crippen LogP contribution < -0.4 is 0 Å². The van der Waals surface area contributed by atoms with Crippen LogP contribution in [0, 0.1) is 11.8 Å². The Balaban J connectivity index is 0.000000461. The van der Waals surface area contributed by atoms with E-state index in [1.165, 1.54) is 6.42 Å². The summed E-state index contributed by atoms with van der Waals surface area (Å²) in [6, 6.07) is 0. The van der Waals surface area contributed by atoms with Gasteiger partial charge in [0.2, 0.25) is 0 Å². The molecule has 0 aliphatic carbocycles. The van der Waals surface area contributed by atoms with Crippen LogP contribution in [0.2, 0.25) is 0 Å². The Morgan fingerprint density at radius 3 is 2.00 bits per heavy atom. The van der Waals surface area contributed by atoms with Gasteiger partial charge in [0.15, 0.2) is 0 Å². The summed E-state index contributed by atoms with van der Waals surface area (Å²) in [5, 5.41) is 0. The molecular formula is C10H22O. The Hall–Kier alpha value is -0.0400. The maximum atomic E-state index is 5.43. The lowest BCUT2D eigenvalue weighted by Crippen LogP contribution is -2.07. The number of hydrogen-bond donors (Lipinski definition) is 0. The molecule has 0 aromatic rings. The molecule has 1 saturated heterocycles. The summed E-state index contributed by atoms with van der Waals surface area (Å²) in [5.74, 6) is 1.62. The highest BCUT2D eigenvalue weighted by molar-refractivity contribution is 4.72. The van der Waals surface area contributed by atoms with Crippen LogP contribution >= 0.6 is 0 Å². The van der Waals surface area contributed by atoms with E-state index < -0.39 is 0 Å². The third-order valence-corrected chi connectivity index (χ3v) is 2.17. The van der Waals surface area contributed by atoms with Crippen molar-refractivity contribution in [1.82, 2.24) is 0 Å². The second-order valence-corrected chi connectivity index (χ2v) is 3.38. The van der Waals surface area contributed by atoms with Gasteiger partial charge in [-0.25, -0.2) is 0 Å². The van der Waals surface area contributed by atoms with Gasteiger partial charge < -0.3 is 4.74 Å². The number of ether oxygens (including phenoxy) is 1. The number of rotatable bonds is 1. The summed E-state index contributed by atoms with van der Waals surface area (Å²) >= 11 is 0. The lowest BCUT2D eigenvalue weighted by Gasteiger charge is -2.10. The summed E-state index contributed by atoms with van der Waals surface area (Å²) in [6.45, 7) is 11.7. The number of hydrogen-bond acceptors (Lipinski definition) is 1. The fourth-order valence-electron chi connectivity index (χ4n) is 1.31. The molecule has 68 valence electrons. The van der Waals surface area contributed by atoms with E-state index in [9.17, 15) is 0 Å². The molecule has 1 heteroatoms. The minimum atomic E-state index is 0.511. The van der Waals surface area contributed by atoms with Crippen molar-refractivity contribution in [1.29, 1.82) is 0 Å². The van der Waals surface area contributed by atoms with Gasteiger partial charge in [0.25, 0.3) is 0 Å². The summed E-state index contributed by atoms with van der Waals surface area (Å²) in [6.07, 6.45) is 1.77. The van der Waals surface area contributed by atoms with Crippen LogP contribution in [0.25, 0.3) is 0 Å². The molecule has 1 fully saturated rings. The molecule has 11 heavy (non-hydrogen) atoms. The van der Waals surface area contributed by atoms with Crippen molar-refractivity contribution in [3.8, 4) is 0 Å². The summed E-state index contributed by atoms with van der Waals surface area (Å²) in [5.41, 5.74) is 0. The van der Waals surface area contributed by atoms with E-state index in [0.717, 1.165) is 18.4 Å². The molecule has 0 spiro atoms. The average molecular weight is 158 g/mol. The van der Waals surface area contributed by atoms with Crippen molar-refractivity contribution in [3.63, 3.8) is 0 Å². The molecule has 2 unspecified atom stereocenters. The zero-order chi connectivity index (χ0) is 8.85. The fraction of sp³-hybridized carbons (Fsp3) is 1.00. The lowest BCUT2D eigenvalue weighted by atomic mass is 9.94. The van der Waals surface area contributed by atoms with Gasteiger partial charge >= 0.3 is 0 Å². The van der Waals surface area contributed by atoms with Gasteiger partial charge in [-0.15, -0.1) is 0 Å². The molecule has 0 saturated carbocycles. The molecule has 0 N–H and O–H groups in total. The van der Waals surface area contributed by atoms with Crippen molar-refractivity contribution in [3.05, 3.63) is 0 Å². The Morgan fingerprint density at radius 2 is 1.82 bits per heavy atom. The van der Waals surface area contributed by atoms with E-state index >= 15 is 0 Å². The highest BCUT2D eigenvalue weighted by atomic mass is 16.5. The van der Waals surface area contributed by atoms with E-state index in [-0.39, 0.29) is 0 Å². The van der Waals surface area contributed by atoms with Crippen LogP contribution in [-0.2, 0) is 4.74 Å². The Labute approximate surface area is 71.1 Å². The molecule has 2 atom stereocenters. The summed E-state index contributed by atoms with van der Waals surface area (Å²) in [7, 11) is 0. The van der Waals surface area contributed by atoms with E-state index in [1.54, 1.807) is 0 Å². The van der Waals surface area contributed by atoms with Gasteiger partial charge in [-0.1, -0.05) is 27.7 Å². The smallest absolute Gasteiger partial charge is 0.0550 e. The minimum Gasteiger partial charge on any atom is -0.378 e. The zero-order valence-electron chi connectivity index (χ0n) is 8.55. The molecule has 1 heterocycles. The average Bonchev–Trinajstić information content (AvgIpc) is 2.40. The summed E-state index contributed by atoms with van der Waals surface area (Å²) in [4.78, 5) is 0. The first-order chi connectivity index (χ1) is 5.20. The molecule has 0 radical (unpaired) electrons. The second kappa shape index (κ2) is 5.59. The van der Waals surface area contributed by atoms with E-state index in [2.05, 4.69) is 20.8 Å². The van der Waals surface area contributed by atoms with Gasteiger partial charge in [-0.3, -0.25) is 0 Å². The van der Waals surface area contributed by atoms with Gasteiger partial charge in [0, 0.05) is 0 Å². The van der Waals surface area contributed by atoms with Crippen molar-refractivity contribution >= 4 is 0 Å². The largest absolute Gasteiger partial charge is 0.378 e. The molecule has 0 aromatic heterocycles. The van der Waals surface area contributed by atoms with Crippen molar-refractivity contribution < 1.29 is 4.74 Å². The van der Waals surface area contributed by atoms with E-state index in [1.807, 2.05) is 13.8 Å². The molecular weight excluding hydrogens is 136 g/mol.